The van der Waals surface area contributed by atoms with E-state index in [0.29, 0.717) is 17.5 Å². The van der Waals surface area contributed by atoms with Crippen LogP contribution in [0.2, 0.25) is 0 Å². The highest BCUT2D eigenvalue weighted by molar-refractivity contribution is 7.99. The summed E-state index contributed by atoms with van der Waals surface area (Å²) in [6.07, 6.45) is -4.53. The fourth-order valence-electron chi connectivity index (χ4n) is 3.08. The highest BCUT2D eigenvalue weighted by Crippen LogP contribution is 2.35. The number of hydrogen-bond acceptors (Lipinski definition) is 5. The van der Waals surface area contributed by atoms with Crippen LogP contribution in [0.4, 0.5) is 18.9 Å². The molecule has 1 aromatic heterocycles. The van der Waals surface area contributed by atoms with Crippen molar-refractivity contribution < 1.29 is 22.7 Å². The summed E-state index contributed by atoms with van der Waals surface area (Å²) in [6.45, 7) is 6.50. The average Bonchev–Trinajstić information content (AvgIpc) is 3.16. The van der Waals surface area contributed by atoms with Gasteiger partial charge in [-0.1, -0.05) is 35.5 Å². The van der Waals surface area contributed by atoms with E-state index in [1.54, 1.807) is 6.92 Å². The molecule has 3 aromatic rings. The monoisotopic (exact) mass is 464 g/mol. The first-order valence-electron chi connectivity index (χ1n) is 9.99. The molecule has 6 nitrogen and oxygen atoms in total. The third-order valence-electron chi connectivity index (χ3n) is 4.52. The largest absolute Gasteiger partial charge is 0.492 e. The quantitative estimate of drug-likeness (QED) is 0.451. The van der Waals surface area contributed by atoms with Gasteiger partial charge in [-0.05, 0) is 45.0 Å². The van der Waals surface area contributed by atoms with E-state index in [2.05, 4.69) is 15.5 Å². The van der Waals surface area contributed by atoms with Crippen LogP contribution in [0.15, 0.2) is 47.6 Å². The van der Waals surface area contributed by atoms with Crippen molar-refractivity contribution >= 4 is 23.4 Å². The van der Waals surface area contributed by atoms with E-state index in [1.807, 2.05) is 42.7 Å². The van der Waals surface area contributed by atoms with E-state index >= 15 is 0 Å². The standard InChI is InChI=1S/C22H23F3N4O2S/c1-4-29-20(15-8-6-7-14(3)11-15)27-28-21(29)32-13-19(30)26-17-12-16(22(23,24)25)9-10-18(17)31-5-2/h6-12H,4-5,13H2,1-3H3,(H,26,30). The molecule has 0 aliphatic rings. The zero-order valence-corrected chi connectivity index (χ0v) is 18.7. The number of nitrogens with one attached hydrogen (secondary N) is 1. The fraction of sp³-hybridized carbons (Fsp3) is 0.318. The number of anilines is 1. The second kappa shape index (κ2) is 10.1. The number of halogens is 3. The number of carbonyl (C=O) groups is 1. The number of amides is 1. The normalized spacial score (nSPS) is 11.4. The summed E-state index contributed by atoms with van der Waals surface area (Å²) in [7, 11) is 0. The Bertz CT molecular complexity index is 1100. The maximum Gasteiger partial charge on any atom is 0.416 e. The van der Waals surface area contributed by atoms with Crippen molar-refractivity contribution in [3.63, 3.8) is 0 Å². The van der Waals surface area contributed by atoms with Crippen LogP contribution in [0.1, 0.15) is 25.0 Å². The Hall–Kier alpha value is -3.01. The van der Waals surface area contributed by atoms with E-state index < -0.39 is 17.6 Å². The maximum absolute atomic E-state index is 13.1. The molecule has 0 atom stereocenters. The van der Waals surface area contributed by atoms with Gasteiger partial charge in [0.1, 0.15) is 5.75 Å². The van der Waals surface area contributed by atoms with Crippen LogP contribution in [0.5, 0.6) is 5.75 Å². The number of alkyl halides is 3. The van der Waals surface area contributed by atoms with Crippen LogP contribution in [0.25, 0.3) is 11.4 Å². The molecule has 0 saturated carbocycles. The zero-order chi connectivity index (χ0) is 23.3. The smallest absolute Gasteiger partial charge is 0.416 e. The first kappa shape index (κ1) is 23.6. The van der Waals surface area contributed by atoms with Gasteiger partial charge < -0.3 is 14.6 Å². The predicted molar refractivity (Wildman–Crippen MR) is 118 cm³/mol. The summed E-state index contributed by atoms with van der Waals surface area (Å²) < 4.78 is 46.4. The molecule has 1 heterocycles. The van der Waals surface area contributed by atoms with Gasteiger partial charge in [0.2, 0.25) is 5.91 Å². The molecular weight excluding hydrogens is 441 g/mol. The summed E-state index contributed by atoms with van der Waals surface area (Å²) in [5, 5.41) is 11.5. The van der Waals surface area contributed by atoms with Gasteiger partial charge in [-0.3, -0.25) is 4.79 Å². The van der Waals surface area contributed by atoms with Crippen LogP contribution in [0.3, 0.4) is 0 Å². The number of nitrogens with zero attached hydrogens (tertiary/aromatic N) is 3. The van der Waals surface area contributed by atoms with Crippen molar-refractivity contribution in [2.75, 3.05) is 17.7 Å². The summed E-state index contributed by atoms with van der Waals surface area (Å²) in [4.78, 5) is 12.5. The van der Waals surface area contributed by atoms with E-state index in [4.69, 9.17) is 4.74 Å². The van der Waals surface area contributed by atoms with Gasteiger partial charge in [0.15, 0.2) is 11.0 Å². The van der Waals surface area contributed by atoms with Gasteiger partial charge in [-0.2, -0.15) is 13.2 Å². The van der Waals surface area contributed by atoms with Crippen molar-refractivity contribution in [1.29, 1.82) is 0 Å². The Kier molecular flexibility index (Phi) is 7.44. The molecule has 2 aromatic carbocycles. The molecule has 1 amide bonds. The Morgan fingerprint density at radius 1 is 1.16 bits per heavy atom. The molecule has 0 fully saturated rings. The molecule has 0 saturated heterocycles. The lowest BCUT2D eigenvalue weighted by atomic mass is 10.1. The van der Waals surface area contributed by atoms with Crippen LogP contribution in [-0.4, -0.2) is 33.0 Å². The predicted octanol–water partition coefficient (Wildman–Crippen LogP) is 5.42. The van der Waals surface area contributed by atoms with Crippen molar-refractivity contribution in [1.82, 2.24) is 14.8 Å². The van der Waals surface area contributed by atoms with Gasteiger partial charge in [0.05, 0.1) is 23.6 Å². The van der Waals surface area contributed by atoms with Gasteiger partial charge >= 0.3 is 6.18 Å². The van der Waals surface area contributed by atoms with E-state index in [-0.39, 0.29) is 23.8 Å². The van der Waals surface area contributed by atoms with E-state index in [1.165, 1.54) is 6.07 Å². The minimum Gasteiger partial charge on any atom is -0.492 e. The maximum atomic E-state index is 13.1. The molecule has 0 unspecified atom stereocenters. The zero-order valence-electron chi connectivity index (χ0n) is 17.9. The van der Waals surface area contributed by atoms with Gasteiger partial charge in [0.25, 0.3) is 0 Å². The lowest BCUT2D eigenvalue weighted by molar-refractivity contribution is -0.137. The third-order valence-corrected chi connectivity index (χ3v) is 5.49. The van der Waals surface area contributed by atoms with Gasteiger partial charge in [-0.15, -0.1) is 10.2 Å². The van der Waals surface area contributed by atoms with Crippen molar-refractivity contribution in [3.05, 3.63) is 53.6 Å². The molecule has 0 bridgehead atoms. The summed E-state index contributed by atoms with van der Waals surface area (Å²) in [5.74, 6) is 0.347. The molecule has 0 spiro atoms. The highest BCUT2D eigenvalue weighted by atomic mass is 32.2. The number of aromatic nitrogens is 3. The van der Waals surface area contributed by atoms with Gasteiger partial charge in [-0.25, -0.2) is 0 Å². The molecule has 0 radical (unpaired) electrons. The number of ether oxygens (including phenoxy) is 1. The van der Waals surface area contributed by atoms with Crippen LogP contribution in [-0.2, 0) is 17.5 Å². The summed E-state index contributed by atoms with van der Waals surface area (Å²) in [5.41, 5.74) is 1.12. The van der Waals surface area contributed by atoms with Crippen molar-refractivity contribution in [2.45, 2.75) is 38.6 Å². The second-order valence-electron chi connectivity index (χ2n) is 6.90. The van der Waals surface area contributed by atoms with Crippen molar-refractivity contribution in [3.8, 4) is 17.1 Å². The molecule has 0 aliphatic heterocycles. The van der Waals surface area contributed by atoms with E-state index in [0.717, 1.165) is 35.0 Å². The summed E-state index contributed by atoms with van der Waals surface area (Å²) in [6, 6.07) is 10.9. The van der Waals surface area contributed by atoms with Crippen molar-refractivity contribution in [2.24, 2.45) is 0 Å². The summed E-state index contributed by atoms with van der Waals surface area (Å²) >= 11 is 1.16. The van der Waals surface area contributed by atoms with E-state index in [9.17, 15) is 18.0 Å². The lowest BCUT2D eigenvalue weighted by Gasteiger charge is -2.14. The number of thioether (sulfide) groups is 1. The minimum absolute atomic E-state index is 0.0234. The topological polar surface area (TPSA) is 69.0 Å². The van der Waals surface area contributed by atoms with Gasteiger partial charge in [0, 0.05) is 12.1 Å². The van der Waals surface area contributed by atoms with Crippen LogP contribution < -0.4 is 10.1 Å². The molecule has 10 heteroatoms. The molecule has 3 rings (SSSR count). The Balaban J connectivity index is 1.74. The first-order valence-corrected chi connectivity index (χ1v) is 11.0. The lowest BCUT2D eigenvalue weighted by Crippen LogP contribution is -2.16. The number of aryl methyl sites for hydroxylation is 1. The molecule has 170 valence electrons. The van der Waals surface area contributed by atoms with Crippen LogP contribution >= 0.6 is 11.8 Å². The molecular formula is C22H23F3N4O2S. The average molecular weight is 465 g/mol. The number of hydrogen-bond donors (Lipinski definition) is 1. The molecule has 1 N–H and O–H groups in total. The molecule has 0 aliphatic carbocycles. The SMILES string of the molecule is CCOc1ccc(C(F)(F)F)cc1NC(=O)CSc1nnc(-c2cccc(C)c2)n1CC. The Morgan fingerprint density at radius 3 is 2.59 bits per heavy atom. The highest BCUT2D eigenvalue weighted by Gasteiger charge is 2.31. The number of rotatable bonds is 8. The Morgan fingerprint density at radius 2 is 1.94 bits per heavy atom. The Labute approximate surface area is 188 Å². The number of benzene rings is 2. The first-order chi connectivity index (χ1) is 15.2. The second-order valence-corrected chi connectivity index (χ2v) is 7.84. The minimum atomic E-state index is -4.53. The van der Waals surface area contributed by atoms with Crippen LogP contribution in [0, 0.1) is 6.92 Å². The molecule has 32 heavy (non-hydrogen) atoms. The third kappa shape index (κ3) is 5.61. The number of carbonyl (C=O) groups excluding carboxylic acids is 1. The fourth-order valence-corrected chi connectivity index (χ4v) is 3.88.